The van der Waals surface area contributed by atoms with E-state index in [-0.39, 0.29) is 16.9 Å². The van der Waals surface area contributed by atoms with E-state index in [1.54, 1.807) is 18.2 Å². The molecule has 0 bridgehead atoms. The lowest BCUT2D eigenvalue weighted by Gasteiger charge is -2.08. The molecule has 5 nitrogen and oxygen atoms in total. The van der Waals surface area contributed by atoms with Gasteiger partial charge in [-0.3, -0.25) is 4.79 Å². The second-order valence-electron chi connectivity index (χ2n) is 7.18. The third kappa shape index (κ3) is 4.90. The molecular weight excluding hydrogens is 392 g/mol. The summed E-state index contributed by atoms with van der Waals surface area (Å²) in [5, 5.41) is 0.335. The first-order valence-electron chi connectivity index (χ1n) is 9.74. The highest BCUT2D eigenvalue weighted by atomic mass is 16.5. The van der Waals surface area contributed by atoms with E-state index in [4.69, 9.17) is 13.9 Å². The summed E-state index contributed by atoms with van der Waals surface area (Å²) >= 11 is 0. The fourth-order valence-corrected chi connectivity index (χ4v) is 3.22. The van der Waals surface area contributed by atoms with Crippen LogP contribution in [0.5, 0.6) is 17.2 Å². The monoisotopic (exact) mass is 412 g/mol. The molecular formula is C26H20O5. The highest BCUT2D eigenvalue weighted by Crippen LogP contribution is 2.25. The molecule has 0 atom stereocenters. The fourth-order valence-electron chi connectivity index (χ4n) is 3.22. The Morgan fingerprint density at radius 1 is 0.903 bits per heavy atom. The first-order chi connectivity index (χ1) is 15.0. The van der Waals surface area contributed by atoms with Crippen LogP contribution in [0.15, 0.2) is 88.3 Å². The lowest BCUT2D eigenvalue weighted by molar-refractivity contribution is -0.128. The summed E-state index contributed by atoms with van der Waals surface area (Å²) in [4.78, 5) is 24.9. The minimum Gasteiger partial charge on any atom is -0.460 e. The first-order valence-corrected chi connectivity index (χ1v) is 9.74. The van der Waals surface area contributed by atoms with E-state index in [0.29, 0.717) is 16.7 Å². The van der Waals surface area contributed by atoms with Crippen LogP contribution >= 0.6 is 0 Å². The van der Waals surface area contributed by atoms with Crippen LogP contribution in [0.1, 0.15) is 16.7 Å². The molecule has 1 heterocycles. The predicted octanol–water partition coefficient (Wildman–Crippen LogP) is 5.82. The SMILES string of the molecule is Cc1cc(C)cc(Oc2coc3cc(OC(=O)/C=C/c4ccccc4)ccc3c2=O)c1. The summed E-state index contributed by atoms with van der Waals surface area (Å²) in [5.41, 5.74) is 2.96. The van der Waals surface area contributed by atoms with Gasteiger partial charge in [-0.05, 0) is 60.9 Å². The molecule has 0 aliphatic heterocycles. The zero-order valence-corrected chi connectivity index (χ0v) is 17.1. The Morgan fingerprint density at radius 2 is 1.65 bits per heavy atom. The van der Waals surface area contributed by atoms with Crippen molar-refractivity contribution >= 4 is 23.0 Å². The second-order valence-corrected chi connectivity index (χ2v) is 7.18. The normalized spacial score (nSPS) is 11.0. The molecule has 0 aliphatic rings. The molecule has 3 aromatic carbocycles. The number of benzene rings is 3. The number of hydrogen-bond acceptors (Lipinski definition) is 5. The van der Waals surface area contributed by atoms with Gasteiger partial charge in [-0.2, -0.15) is 0 Å². The second kappa shape index (κ2) is 8.71. The molecule has 0 radical (unpaired) electrons. The first kappa shape index (κ1) is 20.2. The number of fused-ring (bicyclic) bond motifs is 1. The van der Waals surface area contributed by atoms with Crippen molar-refractivity contribution in [2.24, 2.45) is 0 Å². The summed E-state index contributed by atoms with van der Waals surface area (Å²) in [6, 6.07) is 19.8. The maximum absolute atomic E-state index is 12.8. The van der Waals surface area contributed by atoms with Gasteiger partial charge in [0.15, 0.2) is 0 Å². The van der Waals surface area contributed by atoms with Crippen molar-refractivity contribution in [1.82, 2.24) is 0 Å². The molecule has 4 aromatic rings. The molecule has 0 amide bonds. The van der Waals surface area contributed by atoms with Crippen LogP contribution in [0.25, 0.3) is 17.0 Å². The molecule has 0 saturated carbocycles. The highest BCUT2D eigenvalue weighted by Gasteiger charge is 2.11. The summed E-state index contributed by atoms with van der Waals surface area (Å²) in [7, 11) is 0. The molecule has 31 heavy (non-hydrogen) atoms. The molecule has 154 valence electrons. The van der Waals surface area contributed by atoms with Gasteiger partial charge in [0.1, 0.15) is 23.3 Å². The fraction of sp³-hybridized carbons (Fsp3) is 0.0769. The topological polar surface area (TPSA) is 65.7 Å². The molecule has 1 aromatic heterocycles. The number of aryl methyl sites for hydroxylation is 2. The van der Waals surface area contributed by atoms with Crippen LogP contribution in [-0.4, -0.2) is 5.97 Å². The number of carbonyl (C=O) groups is 1. The Kier molecular flexibility index (Phi) is 5.67. The van der Waals surface area contributed by atoms with Crippen molar-refractivity contribution in [1.29, 1.82) is 0 Å². The van der Waals surface area contributed by atoms with Gasteiger partial charge in [0.05, 0.1) is 5.39 Å². The van der Waals surface area contributed by atoms with Crippen molar-refractivity contribution in [3.05, 3.63) is 106 Å². The third-order valence-corrected chi connectivity index (χ3v) is 4.57. The summed E-state index contributed by atoms with van der Waals surface area (Å²) in [6.45, 7) is 3.92. The molecule has 0 spiro atoms. The van der Waals surface area contributed by atoms with Gasteiger partial charge in [-0.15, -0.1) is 0 Å². The molecule has 4 rings (SSSR count). The molecule has 0 N–H and O–H groups in total. The third-order valence-electron chi connectivity index (χ3n) is 4.57. The Morgan fingerprint density at radius 3 is 2.39 bits per heavy atom. The number of carbonyl (C=O) groups excluding carboxylic acids is 1. The van der Waals surface area contributed by atoms with Gasteiger partial charge in [-0.25, -0.2) is 4.79 Å². The Labute approximate surface area is 179 Å². The summed E-state index contributed by atoms with van der Waals surface area (Å²) < 4.78 is 16.6. The van der Waals surface area contributed by atoms with Gasteiger partial charge in [-0.1, -0.05) is 36.4 Å². The molecule has 5 heteroatoms. The van der Waals surface area contributed by atoms with Crippen molar-refractivity contribution in [3.63, 3.8) is 0 Å². The van der Waals surface area contributed by atoms with Gasteiger partial charge in [0.25, 0.3) is 0 Å². The lowest BCUT2D eigenvalue weighted by Crippen LogP contribution is -2.06. The minimum absolute atomic E-state index is 0.0908. The van der Waals surface area contributed by atoms with Crippen molar-refractivity contribution in [2.75, 3.05) is 0 Å². The van der Waals surface area contributed by atoms with Crippen LogP contribution in [0, 0.1) is 13.8 Å². The zero-order valence-electron chi connectivity index (χ0n) is 17.1. The summed E-state index contributed by atoms with van der Waals surface area (Å²) in [5.74, 6) is 0.412. The molecule has 0 unspecified atom stereocenters. The van der Waals surface area contributed by atoms with Crippen LogP contribution in [0.3, 0.4) is 0 Å². The van der Waals surface area contributed by atoms with Crippen molar-refractivity contribution in [3.8, 4) is 17.2 Å². The highest BCUT2D eigenvalue weighted by molar-refractivity contribution is 5.89. The maximum Gasteiger partial charge on any atom is 0.336 e. The lowest BCUT2D eigenvalue weighted by atomic mass is 10.1. The van der Waals surface area contributed by atoms with E-state index < -0.39 is 5.97 Å². The van der Waals surface area contributed by atoms with E-state index in [0.717, 1.165) is 16.7 Å². The van der Waals surface area contributed by atoms with Gasteiger partial charge in [0.2, 0.25) is 11.2 Å². The quantitative estimate of drug-likeness (QED) is 0.235. The van der Waals surface area contributed by atoms with Crippen molar-refractivity contribution < 1.29 is 18.7 Å². The van der Waals surface area contributed by atoms with Gasteiger partial charge < -0.3 is 13.9 Å². The average Bonchev–Trinajstić information content (AvgIpc) is 2.74. The van der Waals surface area contributed by atoms with E-state index >= 15 is 0 Å². The number of rotatable bonds is 5. The number of esters is 1. The van der Waals surface area contributed by atoms with Gasteiger partial charge in [0, 0.05) is 12.1 Å². The molecule has 0 fully saturated rings. The van der Waals surface area contributed by atoms with E-state index in [9.17, 15) is 9.59 Å². The van der Waals surface area contributed by atoms with E-state index in [1.807, 2.05) is 62.4 Å². The van der Waals surface area contributed by atoms with Crippen LogP contribution in [0.2, 0.25) is 0 Å². The van der Waals surface area contributed by atoms with Gasteiger partial charge >= 0.3 is 5.97 Å². The Hall–Kier alpha value is -4.12. The largest absolute Gasteiger partial charge is 0.460 e. The number of ether oxygens (including phenoxy) is 2. The Bertz CT molecular complexity index is 1310. The van der Waals surface area contributed by atoms with E-state index in [1.165, 1.54) is 18.4 Å². The maximum atomic E-state index is 12.8. The van der Waals surface area contributed by atoms with Crippen LogP contribution in [-0.2, 0) is 4.79 Å². The average molecular weight is 412 g/mol. The minimum atomic E-state index is -0.527. The van der Waals surface area contributed by atoms with E-state index in [2.05, 4.69) is 0 Å². The molecule has 0 saturated heterocycles. The zero-order chi connectivity index (χ0) is 21.8. The predicted molar refractivity (Wildman–Crippen MR) is 120 cm³/mol. The summed E-state index contributed by atoms with van der Waals surface area (Å²) in [6.07, 6.45) is 4.28. The Balaban J connectivity index is 1.53. The van der Waals surface area contributed by atoms with Crippen molar-refractivity contribution in [2.45, 2.75) is 13.8 Å². The van der Waals surface area contributed by atoms with Crippen LogP contribution < -0.4 is 14.9 Å². The molecule has 0 aliphatic carbocycles. The van der Waals surface area contributed by atoms with Crippen LogP contribution in [0.4, 0.5) is 0 Å². The standard InChI is InChI=1S/C26H20O5/c1-17-12-18(2)14-21(13-17)30-24-16-29-23-15-20(9-10-22(23)26(24)28)31-25(27)11-8-19-6-4-3-5-7-19/h3-16H,1-2H3/b11-8+. The smallest absolute Gasteiger partial charge is 0.336 e. The number of hydrogen-bond donors (Lipinski definition) is 0.